The third-order valence-electron chi connectivity index (χ3n) is 5.21. The molecule has 0 aromatic heterocycles. The number of hydrogen-bond acceptors (Lipinski definition) is 0. The van der Waals surface area contributed by atoms with Crippen molar-refractivity contribution in [2.45, 2.75) is 142 Å². The molecule has 0 atom stereocenters. The lowest BCUT2D eigenvalue weighted by molar-refractivity contribution is 0.522. The van der Waals surface area contributed by atoms with E-state index in [1.165, 1.54) is 128 Å². The number of rotatable bonds is 21. The molecule has 0 fully saturated rings. The molecule has 0 heterocycles. The second-order valence-electron chi connectivity index (χ2n) is 7.72. The highest BCUT2D eigenvalue weighted by Crippen LogP contribution is 2.14. The smallest absolute Gasteiger partial charge is 0.0282 e. The number of hydrogen-bond donors (Lipinski definition) is 0. The van der Waals surface area contributed by atoms with Gasteiger partial charge in [-0.25, -0.2) is 0 Å². The van der Waals surface area contributed by atoms with E-state index < -0.39 is 0 Å². The van der Waals surface area contributed by atoms with Gasteiger partial charge in [0.05, 0.1) is 0 Å². The van der Waals surface area contributed by atoms with Gasteiger partial charge in [-0.05, 0) is 12.8 Å². The van der Waals surface area contributed by atoms with Crippen molar-refractivity contribution in [1.82, 2.24) is 0 Å². The highest BCUT2D eigenvalue weighted by molar-refractivity contribution is 4.55. The summed E-state index contributed by atoms with van der Waals surface area (Å²) >= 11 is 0. The van der Waals surface area contributed by atoms with Crippen LogP contribution >= 0.6 is 0 Å². The van der Waals surface area contributed by atoms with Gasteiger partial charge < -0.3 is 0 Å². The minimum absolute atomic E-state index is 1.08. The first-order chi connectivity index (χ1) is 11.9. The summed E-state index contributed by atoms with van der Waals surface area (Å²) in [4.78, 5) is 0. The fraction of sp³-hybridized carbons (Fsp3) is 0.917. The van der Waals surface area contributed by atoms with E-state index in [-0.39, 0.29) is 0 Å². The van der Waals surface area contributed by atoms with Crippen molar-refractivity contribution in [2.75, 3.05) is 0 Å². The van der Waals surface area contributed by atoms with Gasteiger partial charge in [-0.3, -0.25) is 0 Å². The molecular weight excluding hydrogens is 288 g/mol. The summed E-state index contributed by atoms with van der Waals surface area (Å²) in [7, 11) is 0. The summed E-state index contributed by atoms with van der Waals surface area (Å²) in [6.45, 7) is 5.95. The van der Waals surface area contributed by atoms with Crippen molar-refractivity contribution in [1.29, 1.82) is 0 Å². The van der Waals surface area contributed by atoms with E-state index in [1.807, 2.05) is 0 Å². The predicted molar refractivity (Wildman–Crippen MR) is 112 cm³/mol. The molecule has 0 aliphatic heterocycles. The molecule has 0 amide bonds. The molecule has 0 nitrogen and oxygen atoms in total. The standard InChI is InChI=1S/C24H47/c1-3-5-7-9-11-13-15-17-19-21-23-24-22-20-18-16-14-12-10-8-6-4-2/h1,4-24H2,2H3. The zero-order valence-electron chi connectivity index (χ0n) is 17.1. The van der Waals surface area contributed by atoms with Crippen molar-refractivity contribution >= 4 is 0 Å². The molecule has 24 heavy (non-hydrogen) atoms. The normalized spacial score (nSPS) is 11.0. The highest BCUT2D eigenvalue weighted by Gasteiger charge is 1.95. The minimum atomic E-state index is 1.08. The largest absolute Gasteiger partial charge is 0.0956 e. The van der Waals surface area contributed by atoms with E-state index in [9.17, 15) is 0 Å². The lowest BCUT2D eigenvalue weighted by Crippen LogP contribution is -1.84. The Morgan fingerprint density at radius 2 is 0.667 bits per heavy atom. The SMILES string of the molecule is C=[C]CCCCCCCCCCCCCCCCCCCCCC. The van der Waals surface area contributed by atoms with Crippen LogP contribution in [0.5, 0.6) is 0 Å². The maximum Gasteiger partial charge on any atom is -0.0282 e. The molecule has 0 saturated carbocycles. The summed E-state index contributed by atoms with van der Waals surface area (Å²) in [5, 5.41) is 0. The minimum Gasteiger partial charge on any atom is -0.0956 e. The van der Waals surface area contributed by atoms with Crippen LogP contribution in [0, 0.1) is 6.08 Å². The van der Waals surface area contributed by atoms with Gasteiger partial charge in [0.1, 0.15) is 0 Å². The third-order valence-corrected chi connectivity index (χ3v) is 5.21. The van der Waals surface area contributed by atoms with Gasteiger partial charge in [0, 0.05) is 0 Å². The zero-order valence-corrected chi connectivity index (χ0v) is 17.1. The van der Waals surface area contributed by atoms with Crippen LogP contribution in [0.4, 0.5) is 0 Å². The summed E-state index contributed by atoms with van der Waals surface area (Å²) in [5.74, 6) is 0. The fourth-order valence-corrected chi connectivity index (χ4v) is 3.51. The van der Waals surface area contributed by atoms with Crippen molar-refractivity contribution in [3.05, 3.63) is 12.7 Å². The molecule has 0 aromatic carbocycles. The molecule has 0 rings (SSSR count). The molecule has 0 N–H and O–H groups in total. The second kappa shape index (κ2) is 22.7. The molecule has 0 aliphatic carbocycles. The van der Waals surface area contributed by atoms with Crippen molar-refractivity contribution in [3.63, 3.8) is 0 Å². The third kappa shape index (κ3) is 21.7. The van der Waals surface area contributed by atoms with Crippen LogP contribution < -0.4 is 0 Å². The molecule has 1 radical (unpaired) electrons. The van der Waals surface area contributed by atoms with E-state index in [4.69, 9.17) is 0 Å². The van der Waals surface area contributed by atoms with Gasteiger partial charge >= 0.3 is 0 Å². The van der Waals surface area contributed by atoms with Crippen molar-refractivity contribution in [3.8, 4) is 0 Å². The van der Waals surface area contributed by atoms with Gasteiger partial charge in [0.2, 0.25) is 0 Å². The van der Waals surface area contributed by atoms with E-state index in [0.29, 0.717) is 0 Å². The summed E-state index contributed by atoms with van der Waals surface area (Å²) in [5.41, 5.74) is 0. The Labute approximate surface area is 154 Å². The van der Waals surface area contributed by atoms with Gasteiger partial charge in [-0.1, -0.05) is 142 Å². The molecule has 143 valence electrons. The van der Waals surface area contributed by atoms with Crippen LogP contribution in [0.3, 0.4) is 0 Å². The summed E-state index contributed by atoms with van der Waals surface area (Å²) < 4.78 is 0. The monoisotopic (exact) mass is 335 g/mol. The lowest BCUT2D eigenvalue weighted by Gasteiger charge is -2.04. The van der Waals surface area contributed by atoms with Crippen LogP contribution in [0.2, 0.25) is 0 Å². The Kier molecular flexibility index (Phi) is 22.5. The van der Waals surface area contributed by atoms with E-state index >= 15 is 0 Å². The summed E-state index contributed by atoms with van der Waals surface area (Å²) in [6.07, 6.45) is 33.0. The maximum atomic E-state index is 3.66. The van der Waals surface area contributed by atoms with E-state index in [1.54, 1.807) is 0 Å². The van der Waals surface area contributed by atoms with Crippen LogP contribution in [0.25, 0.3) is 0 Å². The lowest BCUT2D eigenvalue weighted by atomic mass is 10.0. The van der Waals surface area contributed by atoms with Crippen LogP contribution in [-0.2, 0) is 0 Å². The highest BCUT2D eigenvalue weighted by atomic mass is 14.0. The van der Waals surface area contributed by atoms with E-state index in [2.05, 4.69) is 19.6 Å². The Morgan fingerprint density at radius 3 is 0.917 bits per heavy atom. The van der Waals surface area contributed by atoms with Gasteiger partial charge in [0.15, 0.2) is 0 Å². The van der Waals surface area contributed by atoms with Gasteiger partial charge in [-0.15, -0.1) is 0 Å². The Bertz CT molecular complexity index is 218. The number of allylic oxidation sites excluding steroid dienone is 1. The average Bonchev–Trinajstić information content (AvgIpc) is 2.60. The van der Waals surface area contributed by atoms with E-state index in [0.717, 1.165) is 6.42 Å². The Morgan fingerprint density at radius 1 is 0.417 bits per heavy atom. The molecular formula is C24H47. The Balaban J connectivity index is 2.94. The average molecular weight is 336 g/mol. The fourth-order valence-electron chi connectivity index (χ4n) is 3.51. The molecule has 0 bridgehead atoms. The maximum absolute atomic E-state index is 3.66. The van der Waals surface area contributed by atoms with Crippen molar-refractivity contribution in [2.24, 2.45) is 0 Å². The van der Waals surface area contributed by atoms with Gasteiger partial charge in [0.25, 0.3) is 0 Å². The second-order valence-corrected chi connectivity index (χ2v) is 7.72. The van der Waals surface area contributed by atoms with Crippen LogP contribution in [0.1, 0.15) is 142 Å². The predicted octanol–water partition coefficient (Wildman–Crippen LogP) is 9.19. The quantitative estimate of drug-likeness (QED) is 0.183. The molecule has 0 heteroatoms. The molecule has 0 unspecified atom stereocenters. The topological polar surface area (TPSA) is 0 Å². The van der Waals surface area contributed by atoms with Crippen LogP contribution in [0.15, 0.2) is 6.58 Å². The first-order valence-electron chi connectivity index (χ1n) is 11.4. The molecule has 0 aliphatic rings. The molecule has 0 aromatic rings. The van der Waals surface area contributed by atoms with Gasteiger partial charge in [-0.2, -0.15) is 0 Å². The summed E-state index contributed by atoms with van der Waals surface area (Å²) in [6, 6.07) is 0. The first-order valence-corrected chi connectivity index (χ1v) is 11.4. The van der Waals surface area contributed by atoms with Crippen LogP contribution in [-0.4, -0.2) is 0 Å². The Hall–Kier alpha value is -0.260. The number of unbranched alkanes of at least 4 members (excludes halogenated alkanes) is 20. The zero-order chi connectivity index (χ0) is 17.6. The molecule has 0 saturated heterocycles. The van der Waals surface area contributed by atoms with Crippen molar-refractivity contribution < 1.29 is 0 Å². The first kappa shape index (κ1) is 23.7. The molecule has 0 spiro atoms.